The first kappa shape index (κ1) is 28.1. The summed E-state index contributed by atoms with van der Waals surface area (Å²) in [6.45, 7) is 9.71. The minimum absolute atomic E-state index is 0.124. The van der Waals surface area contributed by atoms with Crippen molar-refractivity contribution in [1.82, 2.24) is 5.32 Å². The van der Waals surface area contributed by atoms with Gasteiger partial charge in [-0.2, -0.15) is 0 Å². The van der Waals surface area contributed by atoms with Gasteiger partial charge in [0.1, 0.15) is 5.60 Å². The second kappa shape index (κ2) is 13.1. The summed E-state index contributed by atoms with van der Waals surface area (Å²) in [5.41, 5.74) is 6.73. The smallest absolute Gasteiger partial charge is 0.407 e. The highest BCUT2D eigenvalue weighted by atomic mass is 16.6. The number of hydrogen-bond acceptors (Lipinski definition) is 6. The van der Waals surface area contributed by atoms with Crippen LogP contribution in [0.25, 0.3) is 10.8 Å². The summed E-state index contributed by atoms with van der Waals surface area (Å²) in [5, 5.41) is 4.94. The monoisotopic (exact) mass is 486 g/mol. The first-order valence-electron chi connectivity index (χ1n) is 12.0. The summed E-state index contributed by atoms with van der Waals surface area (Å²) in [6, 6.07) is 11.6. The Kier molecular flexibility index (Phi) is 10.5. The normalized spacial score (nSPS) is 13.2. The number of primary amides is 1. The van der Waals surface area contributed by atoms with Gasteiger partial charge in [-0.1, -0.05) is 30.3 Å². The zero-order valence-corrected chi connectivity index (χ0v) is 21.4. The predicted molar refractivity (Wildman–Crippen MR) is 135 cm³/mol. The van der Waals surface area contributed by atoms with E-state index in [1.54, 1.807) is 27.7 Å². The van der Waals surface area contributed by atoms with E-state index >= 15 is 0 Å². The third-order valence-corrected chi connectivity index (χ3v) is 5.42. The van der Waals surface area contributed by atoms with Crippen LogP contribution in [0.1, 0.15) is 65.0 Å². The molecule has 2 aromatic carbocycles. The Balaban J connectivity index is 2.05. The van der Waals surface area contributed by atoms with Crippen molar-refractivity contribution in [2.24, 2.45) is 5.73 Å². The number of hydrogen-bond donors (Lipinski definition) is 2. The van der Waals surface area contributed by atoms with Crippen LogP contribution in [0.4, 0.5) is 4.79 Å². The van der Waals surface area contributed by atoms with Crippen LogP contribution < -0.4 is 11.1 Å². The van der Waals surface area contributed by atoms with Gasteiger partial charge in [0.2, 0.25) is 5.91 Å². The molecule has 0 saturated carbocycles. The molecule has 2 amide bonds. The van der Waals surface area contributed by atoms with Gasteiger partial charge in [0.05, 0.1) is 25.4 Å². The van der Waals surface area contributed by atoms with Crippen molar-refractivity contribution in [3.63, 3.8) is 0 Å². The van der Waals surface area contributed by atoms with Crippen LogP contribution >= 0.6 is 0 Å². The minimum atomic E-state index is -0.636. The molecule has 2 aromatic rings. The number of alkyl carbamates (subject to hydrolysis) is 1. The van der Waals surface area contributed by atoms with Crippen molar-refractivity contribution in [3.8, 4) is 0 Å². The van der Waals surface area contributed by atoms with Gasteiger partial charge in [0.25, 0.3) is 0 Å². The summed E-state index contributed by atoms with van der Waals surface area (Å²) in [7, 11) is 0. The van der Waals surface area contributed by atoms with E-state index < -0.39 is 23.6 Å². The molecule has 0 heterocycles. The Morgan fingerprint density at radius 3 is 2.49 bits per heavy atom. The Bertz CT molecular complexity index is 1010. The maximum Gasteiger partial charge on any atom is 0.407 e. The average Bonchev–Trinajstić information content (AvgIpc) is 2.77. The highest BCUT2D eigenvalue weighted by molar-refractivity contribution is 5.86. The molecule has 0 unspecified atom stereocenters. The number of aryl methyl sites for hydroxylation is 1. The van der Waals surface area contributed by atoms with Gasteiger partial charge in [-0.15, -0.1) is 0 Å². The molecule has 0 aliphatic rings. The molecule has 0 spiro atoms. The van der Waals surface area contributed by atoms with Gasteiger partial charge >= 0.3 is 12.1 Å². The number of nitrogens with one attached hydrogen (secondary N) is 1. The predicted octanol–water partition coefficient (Wildman–Crippen LogP) is 4.40. The highest BCUT2D eigenvalue weighted by Gasteiger charge is 2.24. The number of ether oxygens (including phenoxy) is 3. The Morgan fingerprint density at radius 1 is 1.09 bits per heavy atom. The van der Waals surface area contributed by atoms with E-state index in [-0.39, 0.29) is 18.5 Å². The standard InChI is InChI=1S/C27H38N2O6/c1-6-33-25(31)15-11-20-8-7-9-21-16-19(10-12-22(20)21)17-34-18(2)23(13-14-24(28)30)29-26(32)35-27(3,4)5/h7-10,12,16,18,23H,6,11,13-15,17H2,1-5H3,(H2,28,30)(H,29,32)/t18-,23+/m1/s1. The molecule has 0 radical (unpaired) electrons. The van der Waals surface area contributed by atoms with Crippen molar-refractivity contribution in [3.05, 3.63) is 47.5 Å². The number of benzene rings is 2. The lowest BCUT2D eigenvalue weighted by atomic mass is 9.99. The van der Waals surface area contributed by atoms with Gasteiger partial charge in [-0.3, -0.25) is 9.59 Å². The molecule has 8 nitrogen and oxygen atoms in total. The Labute approximate surface area is 207 Å². The van der Waals surface area contributed by atoms with Gasteiger partial charge < -0.3 is 25.3 Å². The number of fused-ring (bicyclic) bond motifs is 1. The van der Waals surface area contributed by atoms with E-state index in [0.717, 1.165) is 21.9 Å². The number of nitrogens with two attached hydrogens (primary N) is 1. The van der Waals surface area contributed by atoms with E-state index in [9.17, 15) is 14.4 Å². The highest BCUT2D eigenvalue weighted by Crippen LogP contribution is 2.23. The first-order chi connectivity index (χ1) is 16.5. The molecule has 2 atom stereocenters. The molecule has 0 bridgehead atoms. The van der Waals surface area contributed by atoms with Crippen molar-refractivity contribution in [2.45, 2.75) is 84.7 Å². The molecule has 2 rings (SSSR count). The maximum atomic E-state index is 12.3. The molecule has 8 heteroatoms. The molecule has 0 aliphatic heterocycles. The molecule has 192 valence electrons. The number of rotatable bonds is 12. The summed E-state index contributed by atoms with van der Waals surface area (Å²) in [5.74, 6) is -0.643. The number of carbonyl (C=O) groups is 3. The SMILES string of the molecule is CCOC(=O)CCc1cccc2cc(CO[C@H](C)[C@H](CCC(N)=O)NC(=O)OC(C)(C)C)ccc12. The first-order valence-corrected chi connectivity index (χ1v) is 12.0. The minimum Gasteiger partial charge on any atom is -0.466 e. The third kappa shape index (κ3) is 9.94. The van der Waals surface area contributed by atoms with Crippen LogP contribution in [0.2, 0.25) is 0 Å². The van der Waals surface area contributed by atoms with Crippen LogP contribution in [0.15, 0.2) is 36.4 Å². The van der Waals surface area contributed by atoms with Gasteiger partial charge in [-0.05, 0) is 75.4 Å². The lowest BCUT2D eigenvalue weighted by Crippen LogP contribution is -2.45. The maximum absolute atomic E-state index is 12.3. The van der Waals surface area contributed by atoms with Crippen molar-refractivity contribution < 1.29 is 28.6 Å². The van der Waals surface area contributed by atoms with Crippen LogP contribution in [-0.4, -0.2) is 42.3 Å². The third-order valence-electron chi connectivity index (χ3n) is 5.42. The summed E-state index contributed by atoms with van der Waals surface area (Å²) in [4.78, 5) is 35.3. The van der Waals surface area contributed by atoms with Crippen LogP contribution in [0.3, 0.4) is 0 Å². The van der Waals surface area contributed by atoms with E-state index in [4.69, 9.17) is 19.9 Å². The molecule has 0 aromatic heterocycles. The lowest BCUT2D eigenvalue weighted by molar-refractivity contribution is -0.143. The zero-order valence-electron chi connectivity index (χ0n) is 21.4. The summed E-state index contributed by atoms with van der Waals surface area (Å²) in [6.07, 6.45) is 0.473. The van der Waals surface area contributed by atoms with Crippen molar-refractivity contribution in [2.75, 3.05) is 6.61 Å². The van der Waals surface area contributed by atoms with E-state index in [1.807, 2.05) is 37.3 Å². The fraction of sp³-hybridized carbons (Fsp3) is 0.519. The van der Waals surface area contributed by atoms with Gasteiger partial charge in [0, 0.05) is 12.8 Å². The van der Waals surface area contributed by atoms with E-state index in [1.165, 1.54) is 0 Å². The second-order valence-electron chi connectivity index (χ2n) is 9.55. The lowest BCUT2D eigenvalue weighted by Gasteiger charge is -2.27. The number of carbonyl (C=O) groups excluding carboxylic acids is 3. The fourth-order valence-electron chi connectivity index (χ4n) is 3.70. The zero-order chi connectivity index (χ0) is 26.0. The van der Waals surface area contributed by atoms with E-state index in [0.29, 0.717) is 32.5 Å². The Morgan fingerprint density at radius 2 is 1.83 bits per heavy atom. The van der Waals surface area contributed by atoms with Crippen LogP contribution in [0, 0.1) is 0 Å². The number of esters is 1. The molecular formula is C27H38N2O6. The second-order valence-corrected chi connectivity index (χ2v) is 9.55. The van der Waals surface area contributed by atoms with Gasteiger partial charge in [-0.25, -0.2) is 4.79 Å². The van der Waals surface area contributed by atoms with Crippen molar-refractivity contribution >= 4 is 28.7 Å². The Hall–Kier alpha value is -3.13. The molecular weight excluding hydrogens is 448 g/mol. The summed E-state index contributed by atoms with van der Waals surface area (Å²) >= 11 is 0. The van der Waals surface area contributed by atoms with Gasteiger partial charge in [0.15, 0.2) is 0 Å². The molecule has 3 N–H and O–H groups in total. The van der Waals surface area contributed by atoms with Crippen LogP contribution in [0.5, 0.6) is 0 Å². The topological polar surface area (TPSA) is 117 Å². The molecule has 0 fully saturated rings. The molecule has 0 saturated heterocycles. The van der Waals surface area contributed by atoms with Crippen LogP contribution in [-0.2, 0) is 36.8 Å². The number of amides is 2. The molecule has 0 aliphatic carbocycles. The summed E-state index contributed by atoms with van der Waals surface area (Å²) < 4.78 is 16.4. The average molecular weight is 487 g/mol. The van der Waals surface area contributed by atoms with E-state index in [2.05, 4.69) is 11.4 Å². The fourth-order valence-corrected chi connectivity index (χ4v) is 3.70. The van der Waals surface area contributed by atoms with Crippen molar-refractivity contribution in [1.29, 1.82) is 0 Å². The quantitative estimate of drug-likeness (QED) is 0.430. The molecule has 35 heavy (non-hydrogen) atoms. The largest absolute Gasteiger partial charge is 0.466 e.